The average Bonchev–Trinajstić information content (AvgIpc) is 2.46. The molecule has 2 rings (SSSR count). The molecule has 0 bridgehead atoms. The molecule has 96 valence electrons. The van der Waals surface area contributed by atoms with Gasteiger partial charge in [0.25, 0.3) is 0 Å². The Kier molecular flexibility index (Phi) is 4.54. The van der Waals surface area contributed by atoms with E-state index in [0.29, 0.717) is 11.3 Å². The largest absolute Gasteiger partial charge is 0.481 e. The van der Waals surface area contributed by atoms with Crippen LogP contribution < -0.4 is 10.5 Å². The summed E-state index contributed by atoms with van der Waals surface area (Å²) in [5.74, 6) is 6.15. The monoisotopic (exact) mass is 255 g/mol. The van der Waals surface area contributed by atoms with Gasteiger partial charge in [-0.25, -0.2) is 4.39 Å². The molecule has 0 fully saturated rings. The van der Waals surface area contributed by atoms with Gasteiger partial charge in [0.1, 0.15) is 18.2 Å². The number of hydrogen-bond acceptors (Lipinski definition) is 2. The van der Waals surface area contributed by atoms with Crippen LogP contribution >= 0.6 is 0 Å². The van der Waals surface area contributed by atoms with E-state index in [2.05, 4.69) is 11.8 Å². The summed E-state index contributed by atoms with van der Waals surface area (Å²) >= 11 is 0. The van der Waals surface area contributed by atoms with Crippen molar-refractivity contribution in [1.29, 1.82) is 0 Å². The maximum Gasteiger partial charge on any atom is 0.149 e. The third-order valence-electron chi connectivity index (χ3n) is 2.55. The fourth-order valence-corrected chi connectivity index (χ4v) is 1.62. The Morgan fingerprint density at radius 3 is 2.63 bits per heavy atom. The third-order valence-corrected chi connectivity index (χ3v) is 2.55. The number of benzene rings is 2. The zero-order valence-electron chi connectivity index (χ0n) is 10.4. The molecule has 2 nitrogen and oxygen atoms in total. The van der Waals surface area contributed by atoms with Crippen LogP contribution in [0.3, 0.4) is 0 Å². The predicted molar refractivity (Wildman–Crippen MR) is 73.1 cm³/mol. The molecular weight excluding hydrogens is 241 g/mol. The number of halogens is 1. The Morgan fingerprint density at radius 1 is 1.11 bits per heavy atom. The molecule has 0 heterocycles. The van der Waals surface area contributed by atoms with E-state index in [0.717, 1.165) is 5.56 Å². The molecule has 0 radical (unpaired) electrons. The van der Waals surface area contributed by atoms with Crippen LogP contribution in [0.5, 0.6) is 5.75 Å². The van der Waals surface area contributed by atoms with Gasteiger partial charge in [0.2, 0.25) is 0 Å². The second kappa shape index (κ2) is 6.58. The summed E-state index contributed by atoms with van der Waals surface area (Å²) in [6.45, 7) is 0.479. The van der Waals surface area contributed by atoms with Crippen molar-refractivity contribution >= 4 is 0 Å². The van der Waals surface area contributed by atoms with Gasteiger partial charge in [0.05, 0.1) is 0 Å². The van der Waals surface area contributed by atoms with E-state index in [1.165, 1.54) is 12.1 Å². The minimum atomic E-state index is -0.317. The van der Waals surface area contributed by atoms with Crippen molar-refractivity contribution < 1.29 is 9.13 Å². The lowest BCUT2D eigenvalue weighted by atomic mass is 10.2. The first-order chi connectivity index (χ1) is 9.29. The molecule has 19 heavy (non-hydrogen) atoms. The summed E-state index contributed by atoms with van der Waals surface area (Å²) in [7, 11) is 0. The summed E-state index contributed by atoms with van der Waals surface area (Å²) in [6, 6.07) is 13.9. The number of ether oxygens (including phenoxy) is 1. The standard InChI is InChI=1S/C16H14FNO/c17-15-8-9-16(14(11-15)12-18)19-10-4-7-13-5-2-1-3-6-13/h1-3,5-6,8-9,11H,10,12,18H2. The summed E-state index contributed by atoms with van der Waals surface area (Å²) in [5.41, 5.74) is 7.11. The second-order valence-electron chi connectivity index (χ2n) is 3.91. The normalized spacial score (nSPS) is 9.58. The van der Waals surface area contributed by atoms with Crippen molar-refractivity contribution in [3.63, 3.8) is 0 Å². The molecule has 3 heteroatoms. The van der Waals surface area contributed by atoms with E-state index in [4.69, 9.17) is 10.5 Å². The van der Waals surface area contributed by atoms with Gasteiger partial charge in [-0.15, -0.1) is 0 Å². The van der Waals surface area contributed by atoms with Crippen LogP contribution in [-0.4, -0.2) is 6.61 Å². The zero-order chi connectivity index (χ0) is 13.5. The Bertz CT molecular complexity index is 599. The Labute approximate surface area is 112 Å². The lowest BCUT2D eigenvalue weighted by Crippen LogP contribution is -2.03. The quantitative estimate of drug-likeness (QED) is 0.856. The molecule has 0 amide bonds. The zero-order valence-corrected chi connectivity index (χ0v) is 10.4. The highest BCUT2D eigenvalue weighted by atomic mass is 19.1. The fourth-order valence-electron chi connectivity index (χ4n) is 1.62. The molecule has 0 spiro atoms. The lowest BCUT2D eigenvalue weighted by Gasteiger charge is -2.07. The second-order valence-corrected chi connectivity index (χ2v) is 3.91. The van der Waals surface area contributed by atoms with Crippen LogP contribution in [0.1, 0.15) is 11.1 Å². The first-order valence-electron chi connectivity index (χ1n) is 5.95. The van der Waals surface area contributed by atoms with Gasteiger partial charge in [-0.3, -0.25) is 0 Å². The van der Waals surface area contributed by atoms with Crippen LogP contribution in [0.4, 0.5) is 4.39 Å². The summed E-state index contributed by atoms with van der Waals surface area (Å²) < 4.78 is 18.5. The minimum Gasteiger partial charge on any atom is -0.481 e. The molecule has 0 aliphatic heterocycles. The molecule has 0 unspecified atom stereocenters. The molecule has 0 aromatic heterocycles. The van der Waals surface area contributed by atoms with Crippen LogP contribution in [0.2, 0.25) is 0 Å². The fraction of sp³-hybridized carbons (Fsp3) is 0.125. The van der Waals surface area contributed by atoms with Crippen LogP contribution in [0.25, 0.3) is 0 Å². The molecule has 2 aromatic rings. The van der Waals surface area contributed by atoms with E-state index in [1.54, 1.807) is 6.07 Å². The number of hydrogen-bond donors (Lipinski definition) is 1. The highest BCUT2D eigenvalue weighted by Gasteiger charge is 2.02. The van der Waals surface area contributed by atoms with Gasteiger partial charge >= 0.3 is 0 Å². The van der Waals surface area contributed by atoms with Gasteiger partial charge in [0.15, 0.2) is 0 Å². The Hall–Kier alpha value is -2.31. The topological polar surface area (TPSA) is 35.2 Å². The van der Waals surface area contributed by atoms with E-state index in [1.807, 2.05) is 30.3 Å². The van der Waals surface area contributed by atoms with E-state index in [9.17, 15) is 4.39 Å². The molecule has 0 aliphatic rings. The molecule has 2 aromatic carbocycles. The van der Waals surface area contributed by atoms with Crippen molar-refractivity contribution in [2.75, 3.05) is 6.61 Å². The smallest absolute Gasteiger partial charge is 0.149 e. The van der Waals surface area contributed by atoms with E-state index < -0.39 is 0 Å². The predicted octanol–water partition coefficient (Wildman–Crippen LogP) is 2.71. The molecule has 2 N–H and O–H groups in total. The first kappa shape index (κ1) is 13.1. The average molecular weight is 255 g/mol. The van der Waals surface area contributed by atoms with Crippen molar-refractivity contribution in [3.8, 4) is 17.6 Å². The molecule has 0 saturated carbocycles. The van der Waals surface area contributed by atoms with Crippen LogP contribution in [0, 0.1) is 17.7 Å². The number of nitrogens with two attached hydrogens (primary N) is 1. The van der Waals surface area contributed by atoms with Crippen LogP contribution in [0.15, 0.2) is 48.5 Å². The highest BCUT2D eigenvalue weighted by molar-refractivity contribution is 5.36. The van der Waals surface area contributed by atoms with Crippen molar-refractivity contribution in [2.45, 2.75) is 6.54 Å². The van der Waals surface area contributed by atoms with E-state index in [-0.39, 0.29) is 19.0 Å². The Morgan fingerprint density at radius 2 is 1.89 bits per heavy atom. The SMILES string of the molecule is NCc1cc(F)ccc1OCC#Cc1ccccc1. The minimum absolute atomic E-state index is 0.235. The summed E-state index contributed by atoms with van der Waals surface area (Å²) in [6.07, 6.45) is 0. The molecule has 0 aliphatic carbocycles. The molecule has 0 atom stereocenters. The highest BCUT2D eigenvalue weighted by Crippen LogP contribution is 2.18. The lowest BCUT2D eigenvalue weighted by molar-refractivity contribution is 0.365. The van der Waals surface area contributed by atoms with Crippen LogP contribution in [-0.2, 0) is 6.54 Å². The third kappa shape index (κ3) is 3.84. The van der Waals surface area contributed by atoms with Gasteiger partial charge < -0.3 is 10.5 Å². The molecule has 0 saturated heterocycles. The van der Waals surface area contributed by atoms with Gasteiger partial charge in [-0.1, -0.05) is 30.0 Å². The summed E-state index contributed by atoms with van der Waals surface area (Å²) in [4.78, 5) is 0. The molecular formula is C16H14FNO. The van der Waals surface area contributed by atoms with Gasteiger partial charge in [-0.2, -0.15) is 0 Å². The summed E-state index contributed by atoms with van der Waals surface area (Å²) in [5, 5.41) is 0. The maximum absolute atomic E-state index is 13.0. The van der Waals surface area contributed by atoms with Gasteiger partial charge in [0, 0.05) is 17.7 Å². The first-order valence-corrected chi connectivity index (χ1v) is 5.95. The number of rotatable bonds is 3. The van der Waals surface area contributed by atoms with E-state index >= 15 is 0 Å². The van der Waals surface area contributed by atoms with Crippen molar-refractivity contribution in [1.82, 2.24) is 0 Å². The van der Waals surface area contributed by atoms with Crippen molar-refractivity contribution in [3.05, 3.63) is 65.5 Å². The van der Waals surface area contributed by atoms with Gasteiger partial charge in [-0.05, 0) is 30.3 Å². The van der Waals surface area contributed by atoms with Crippen molar-refractivity contribution in [2.24, 2.45) is 5.73 Å². The Balaban J connectivity index is 1.98. The maximum atomic E-state index is 13.0.